The smallest absolute Gasteiger partial charge is 0.308 e. The van der Waals surface area contributed by atoms with E-state index in [1.807, 2.05) is 0 Å². The molecule has 138 valence electrons. The van der Waals surface area contributed by atoms with Crippen molar-refractivity contribution >= 4 is 11.9 Å². The molecule has 3 rings (SSSR count). The fourth-order valence-corrected chi connectivity index (χ4v) is 2.98. The highest BCUT2D eigenvalue weighted by molar-refractivity contribution is 5.78. The number of aliphatic carboxylic acids is 1. The lowest BCUT2D eigenvalue weighted by Gasteiger charge is -2.30. The summed E-state index contributed by atoms with van der Waals surface area (Å²) in [5.74, 6) is -1.27. The van der Waals surface area contributed by atoms with Crippen LogP contribution in [-0.4, -0.2) is 45.1 Å². The van der Waals surface area contributed by atoms with Gasteiger partial charge in [-0.3, -0.25) is 9.59 Å². The fraction of sp³-hybridized carbons (Fsp3) is 0.444. The first-order valence-electron chi connectivity index (χ1n) is 8.53. The molecule has 8 heteroatoms. The SMILES string of the molecule is Cc1ccc(-c2noc(CCC(=O)N3CCC[C@@H](C(=O)O)C3)n2)cc1F. The Morgan fingerprint density at radius 1 is 1.42 bits per heavy atom. The average Bonchev–Trinajstić information content (AvgIpc) is 3.11. The Morgan fingerprint density at radius 3 is 2.96 bits per heavy atom. The number of aromatic nitrogens is 2. The molecule has 0 spiro atoms. The maximum atomic E-state index is 13.6. The van der Waals surface area contributed by atoms with Crippen molar-refractivity contribution in [2.24, 2.45) is 5.92 Å². The lowest BCUT2D eigenvalue weighted by Crippen LogP contribution is -2.42. The molecule has 1 atom stereocenters. The number of hydrogen-bond acceptors (Lipinski definition) is 5. The predicted octanol–water partition coefficient (Wildman–Crippen LogP) is 2.44. The van der Waals surface area contributed by atoms with Gasteiger partial charge in [0.2, 0.25) is 17.6 Å². The van der Waals surface area contributed by atoms with Gasteiger partial charge in [0, 0.05) is 31.5 Å². The minimum Gasteiger partial charge on any atom is -0.481 e. The molecule has 0 unspecified atom stereocenters. The number of carbonyl (C=O) groups excluding carboxylic acids is 1. The quantitative estimate of drug-likeness (QED) is 0.879. The maximum Gasteiger partial charge on any atom is 0.308 e. The third kappa shape index (κ3) is 4.07. The van der Waals surface area contributed by atoms with Gasteiger partial charge in [-0.05, 0) is 31.4 Å². The lowest BCUT2D eigenvalue weighted by molar-refractivity contribution is -0.145. The topological polar surface area (TPSA) is 96.5 Å². The zero-order valence-electron chi connectivity index (χ0n) is 14.4. The van der Waals surface area contributed by atoms with Crippen molar-refractivity contribution in [3.63, 3.8) is 0 Å². The van der Waals surface area contributed by atoms with E-state index >= 15 is 0 Å². The van der Waals surface area contributed by atoms with E-state index in [1.54, 1.807) is 24.0 Å². The molecule has 7 nitrogen and oxygen atoms in total. The van der Waals surface area contributed by atoms with Crippen LogP contribution >= 0.6 is 0 Å². The van der Waals surface area contributed by atoms with E-state index in [-0.39, 0.29) is 36.9 Å². The first-order chi connectivity index (χ1) is 12.4. The Labute approximate surface area is 149 Å². The van der Waals surface area contributed by atoms with Crippen LogP contribution < -0.4 is 0 Å². The van der Waals surface area contributed by atoms with Crippen LogP contribution in [0.2, 0.25) is 0 Å². The van der Waals surface area contributed by atoms with Crippen molar-refractivity contribution < 1.29 is 23.6 Å². The van der Waals surface area contributed by atoms with Crippen LogP contribution in [0.4, 0.5) is 4.39 Å². The van der Waals surface area contributed by atoms with E-state index in [2.05, 4.69) is 10.1 Å². The summed E-state index contributed by atoms with van der Waals surface area (Å²) in [5, 5.41) is 12.9. The highest BCUT2D eigenvalue weighted by Crippen LogP contribution is 2.20. The third-order valence-corrected chi connectivity index (χ3v) is 4.57. The van der Waals surface area contributed by atoms with Crippen molar-refractivity contribution in [1.82, 2.24) is 15.0 Å². The van der Waals surface area contributed by atoms with Gasteiger partial charge in [0.25, 0.3) is 0 Å². The Hall–Kier alpha value is -2.77. The normalized spacial score (nSPS) is 17.3. The van der Waals surface area contributed by atoms with Crippen LogP contribution in [0, 0.1) is 18.7 Å². The molecule has 1 N–H and O–H groups in total. The number of carboxylic acid groups (broad SMARTS) is 1. The highest BCUT2D eigenvalue weighted by Gasteiger charge is 2.28. The monoisotopic (exact) mass is 361 g/mol. The van der Waals surface area contributed by atoms with Crippen molar-refractivity contribution in [2.75, 3.05) is 13.1 Å². The van der Waals surface area contributed by atoms with Gasteiger partial charge in [-0.1, -0.05) is 17.3 Å². The van der Waals surface area contributed by atoms with Gasteiger partial charge in [-0.25, -0.2) is 4.39 Å². The number of carbonyl (C=O) groups is 2. The van der Waals surface area contributed by atoms with Crippen LogP contribution in [0.1, 0.15) is 30.7 Å². The molecule has 1 fully saturated rings. The number of nitrogens with zero attached hydrogens (tertiary/aromatic N) is 3. The van der Waals surface area contributed by atoms with Crippen LogP contribution in [0.3, 0.4) is 0 Å². The summed E-state index contributed by atoms with van der Waals surface area (Å²) in [6, 6.07) is 4.69. The number of piperidine rings is 1. The van der Waals surface area contributed by atoms with E-state index in [4.69, 9.17) is 9.63 Å². The Balaban J connectivity index is 1.58. The average molecular weight is 361 g/mol. The molecule has 2 heterocycles. The molecular formula is C18H20FN3O4. The molecule has 1 aliphatic heterocycles. The number of carboxylic acids is 1. The van der Waals surface area contributed by atoms with Crippen LogP contribution in [0.25, 0.3) is 11.4 Å². The molecule has 0 aliphatic carbocycles. The molecule has 1 aliphatic rings. The zero-order chi connectivity index (χ0) is 18.7. The molecule has 26 heavy (non-hydrogen) atoms. The summed E-state index contributed by atoms with van der Waals surface area (Å²) < 4.78 is 18.8. The second kappa shape index (κ2) is 7.63. The van der Waals surface area contributed by atoms with Crippen molar-refractivity contribution in [3.05, 3.63) is 35.5 Å². The molecule has 0 bridgehead atoms. The molecule has 1 saturated heterocycles. The van der Waals surface area contributed by atoms with Gasteiger partial charge in [-0.15, -0.1) is 0 Å². The second-order valence-electron chi connectivity index (χ2n) is 6.49. The zero-order valence-corrected chi connectivity index (χ0v) is 14.4. The molecule has 1 aromatic heterocycles. The fourth-order valence-electron chi connectivity index (χ4n) is 2.98. The molecule has 0 saturated carbocycles. The first kappa shape index (κ1) is 18.0. The summed E-state index contributed by atoms with van der Waals surface area (Å²) in [6.45, 7) is 2.48. The predicted molar refractivity (Wildman–Crippen MR) is 89.7 cm³/mol. The summed E-state index contributed by atoms with van der Waals surface area (Å²) in [5.41, 5.74) is 1.04. The van der Waals surface area contributed by atoms with Gasteiger partial charge in [0.1, 0.15) is 5.82 Å². The first-order valence-corrected chi connectivity index (χ1v) is 8.53. The van der Waals surface area contributed by atoms with E-state index in [0.29, 0.717) is 36.4 Å². The van der Waals surface area contributed by atoms with Gasteiger partial charge in [-0.2, -0.15) is 4.98 Å². The Bertz CT molecular complexity index is 821. The summed E-state index contributed by atoms with van der Waals surface area (Å²) >= 11 is 0. The third-order valence-electron chi connectivity index (χ3n) is 4.57. The van der Waals surface area contributed by atoms with E-state index in [9.17, 15) is 14.0 Å². The van der Waals surface area contributed by atoms with Gasteiger partial charge >= 0.3 is 5.97 Å². The van der Waals surface area contributed by atoms with E-state index in [1.165, 1.54) is 6.07 Å². The Morgan fingerprint density at radius 2 is 2.23 bits per heavy atom. The molecule has 2 aromatic rings. The summed E-state index contributed by atoms with van der Waals surface area (Å²) in [4.78, 5) is 29.2. The second-order valence-corrected chi connectivity index (χ2v) is 6.49. The number of likely N-dealkylation sites (tertiary alicyclic amines) is 1. The van der Waals surface area contributed by atoms with Crippen LogP contribution in [0.15, 0.2) is 22.7 Å². The standard InChI is InChI=1S/C18H20FN3O4/c1-11-4-5-12(9-14(11)19)17-20-15(26-21-17)6-7-16(23)22-8-2-3-13(10-22)18(24)25/h4-5,9,13H,2-3,6-8,10H2,1H3,(H,24,25)/t13-/m1/s1. The van der Waals surface area contributed by atoms with Crippen molar-refractivity contribution in [2.45, 2.75) is 32.6 Å². The highest BCUT2D eigenvalue weighted by atomic mass is 19.1. The number of aryl methyl sites for hydroxylation is 2. The van der Waals surface area contributed by atoms with Gasteiger partial charge in [0.05, 0.1) is 5.92 Å². The summed E-state index contributed by atoms with van der Waals surface area (Å²) in [7, 11) is 0. The minimum atomic E-state index is -0.866. The molecule has 0 radical (unpaired) electrons. The van der Waals surface area contributed by atoms with Gasteiger partial charge < -0.3 is 14.5 Å². The maximum absolute atomic E-state index is 13.6. The summed E-state index contributed by atoms with van der Waals surface area (Å²) in [6.07, 6.45) is 1.70. The number of hydrogen-bond donors (Lipinski definition) is 1. The number of halogens is 1. The largest absolute Gasteiger partial charge is 0.481 e. The lowest BCUT2D eigenvalue weighted by atomic mass is 9.98. The Kier molecular flexibility index (Phi) is 5.29. The molecular weight excluding hydrogens is 341 g/mol. The van der Waals surface area contributed by atoms with Gasteiger partial charge in [0.15, 0.2) is 0 Å². The van der Waals surface area contributed by atoms with Crippen molar-refractivity contribution in [1.29, 1.82) is 0 Å². The minimum absolute atomic E-state index is 0.128. The number of benzene rings is 1. The number of amides is 1. The number of rotatable bonds is 5. The van der Waals surface area contributed by atoms with Crippen molar-refractivity contribution in [3.8, 4) is 11.4 Å². The van der Waals surface area contributed by atoms with Crippen LogP contribution in [0.5, 0.6) is 0 Å². The van der Waals surface area contributed by atoms with E-state index in [0.717, 1.165) is 0 Å². The molecule has 1 amide bonds. The van der Waals surface area contributed by atoms with Crippen LogP contribution in [-0.2, 0) is 16.0 Å². The van der Waals surface area contributed by atoms with E-state index < -0.39 is 11.9 Å². The molecule has 1 aromatic carbocycles.